The van der Waals surface area contributed by atoms with Crippen LogP contribution >= 0.6 is 0 Å². The van der Waals surface area contributed by atoms with Gasteiger partial charge in [-0.2, -0.15) is 0 Å². The van der Waals surface area contributed by atoms with Gasteiger partial charge in [0.05, 0.1) is 25.4 Å². The summed E-state index contributed by atoms with van der Waals surface area (Å²) in [5.41, 5.74) is 2.36. The number of para-hydroxylation sites is 2. The lowest BCUT2D eigenvalue weighted by Crippen LogP contribution is -2.48. The van der Waals surface area contributed by atoms with Gasteiger partial charge in [-0.15, -0.1) is 0 Å². The molecule has 39 heavy (non-hydrogen) atoms. The first kappa shape index (κ1) is 25.2. The largest absolute Gasteiger partial charge is 0.495 e. The number of amides is 1. The SMILES string of the molecule is COc1ccccc1N1CCN(C(=O)c2ccc(CN3CCn4cccc4C3c3ccc(F)cc3F)o2)CC1. The Labute approximate surface area is 225 Å². The van der Waals surface area contributed by atoms with Gasteiger partial charge < -0.3 is 23.5 Å². The smallest absolute Gasteiger partial charge is 0.289 e. The average Bonchev–Trinajstić information content (AvgIpc) is 3.63. The summed E-state index contributed by atoms with van der Waals surface area (Å²) in [5.74, 6) is 0.402. The predicted molar refractivity (Wildman–Crippen MR) is 143 cm³/mol. The van der Waals surface area contributed by atoms with E-state index in [-0.39, 0.29) is 5.91 Å². The van der Waals surface area contributed by atoms with E-state index in [0.717, 1.165) is 29.7 Å². The number of hydrogen-bond acceptors (Lipinski definition) is 5. The van der Waals surface area contributed by atoms with Crippen LogP contribution in [0.15, 0.2) is 77.3 Å². The molecular weight excluding hydrogens is 502 g/mol. The van der Waals surface area contributed by atoms with E-state index in [9.17, 15) is 13.6 Å². The molecule has 0 radical (unpaired) electrons. The summed E-state index contributed by atoms with van der Waals surface area (Å²) in [5, 5.41) is 0. The van der Waals surface area contributed by atoms with Crippen molar-refractivity contribution in [3.63, 3.8) is 0 Å². The van der Waals surface area contributed by atoms with Crippen LogP contribution in [0, 0.1) is 11.6 Å². The summed E-state index contributed by atoms with van der Waals surface area (Å²) in [7, 11) is 1.66. The number of benzene rings is 2. The van der Waals surface area contributed by atoms with Crippen LogP contribution in [0.25, 0.3) is 0 Å². The lowest BCUT2D eigenvalue weighted by atomic mass is 9.99. The quantitative estimate of drug-likeness (QED) is 0.352. The predicted octanol–water partition coefficient (Wildman–Crippen LogP) is 4.94. The summed E-state index contributed by atoms with van der Waals surface area (Å²) in [4.78, 5) is 19.4. The highest BCUT2D eigenvalue weighted by atomic mass is 19.1. The minimum Gasteiger partial charge on any atom is -0.495 e. The number of aromatic nitrogens is 1. The lowest BCUT2D eigenvalue weighted by Gasteiger charge is -2.37. The molecule has 1 amide bonds. The second kappa shape index (κ2) is 10.6. The fourth-order valence-corrected chi connectivity index (χ4v) is 5.66. The second-order valence-electron chi connectivity index (χ2n) is 9.88. The number of anilines is 1. The van der Waals surface area contributed by atoms with Crippen molar-refractivity contribution in [2.45, 2.75) is 19.1 Å². The van der Waals surface area contributed by atoms with E-state index in [1.807, 2.05) is 48.7 Å². The Hall–Kier alpha value is -4.11. The molecule has 2 aliphatic rings. The normalized spacial score (nSPS) is 17.8. The molecule has 2 aromatic carbocycles. The molecule has 4 heterocycles. The molecule has 0 bridgehead atoms. The monoisotopic (exact) mass is 532 g/mol. The molecule has 202 valence electrons. The first-order valence-corrected chi connectivity index (χ1v) is 13.1. The second-order valence-corrected chi connectivity index (χ2v) is 9.88. The molecule has 0 saturated carbocycles. The van der Waals surface area contributed by atoms with E-state index in [1.165, 1.54) is 12.1 Å². The van der Waals surface area contributed by atoms with E-state index in [4.69, 9.17) is 9.15 Å². The number of methoxy groups -OCH3 is 1. The van der Waals surface area contributed by atoms with Gasteiger partial charge in [-0.25, -0.2) is 8.78 Å². The number of ether oxygens (including phenoxy) is 1. The minimum absolute atomic E-state index is 0.144. The number of hydrogen-bond donors (Lipinski definition) is 0. The van der Waals surface area contributed by atoms with E-state index in [2.05, 4.69) is 14.4 Å². The van der Waals surface area contributed by atoms with Crippen molar-refractivity contribution in [2.24, 2.45) is 0 Å². The summed E-state index contributed by atoms with van der Waals surface area (Å²) < 4.78 is 42.1. The molecule has 1 unspecified atom stereocenters. The average molecular weight is 533 g/mol. The minimum atomic E-state index is -0.605. The van der Waals surface area contributed by atoms with Gasteiger partial charge in [0.15, 0.2) is 5.76 Å². The Morgan fingerprint density at radius 3 is 2.56 bits per heavy atom. The summed E-state index contributed by atoms with van der Waals surface area (Å²) in [6.45, 7) is 4.31. The first-order valence-electron chi connectivity index (χ1n) is 13.1. The van der Waals surface area contributed by atoms with E-state index >= 15 is 0 Å². The van der Waals surface area contributed by atoms with Crippen molar-refractivity contribution in [3.05, 3.63) is 107 Å². The molecule has 7 nitrogen and oxygen atoms in total. The van der Waals surface area contributed by atoms with Gasteiger partial charge >= 0.3 is 0 Å². The Bertz CT molecular complexity index is 1470. The van der Waals surface area contributed by atoms with Crippen LogP contribution < -0.4 is 9.64 Å². The maximum atomic E-state index is 14.9. The van der Waals surface area contributed by atoms with Gasteiger partial charge in [0, 0.05) is 62.8 Å². The zero-order valence-corrected chi connectivity index (χ0v) is 21.7. The van der Waals surface area contributed by atoms with Crippen LogP contribution in [-0.4, -0.2) is 60.1 Å². The third kappa shape index (κ3) is 4.90. The summed E-state index contributed by atoms with van der Waals surface area (Å²) in [6, 6.07) is 18.6. The number of halogens is 2. The van der Waals surface area contributed by atoms with Crippen LogP contribution in [0.1, 0.15) is 33.6 Å². The lowest BCUT2D eigenvalue weighted by molar-refractivity contribution is 0.0708. The van der Waals surface area contributed by atoms with Crippen LogP contribution in [0.5, 0.6) is 5.75 Å². The van der Waals surface area contributed by atoms with Gasteiger partial charge in [-0.3, -0.25) is 9.69 Å². The topological polar surface area (TPSA) is 54.1 Å². The highest BCUT2D eigenvalue weighted by Crippen LogP contribution is 2.35. The molecule has 1 atom stereocenters. The number of nitrogens with zero attached hydrogens (tertiary/aromatic N) is 4. The molecular formula is C30H30F2N4O3. The van der Waals surface area contributed by atoms with Crippen LogP contribution in [0.4, 0.5) is 14.5 Å². The van der Waals surface area contributed by atoms with E-state index in [0.29, 0.717) is 56.4 Å². The molecule has 2 aromatic heterocycles. The number of carbonyl (C=O) groups is 1. The van der Waals surface area contributed by atoms with Gasteiger partial charge in [0.2, 0.25) is 0 Å². The van der Waals surface area contributed by atoms with Crippen LogP contribution in [-0.2, 0) is 13.1 Å². The Kier molecular flexibility index (Phi) is 6.83. The van der Waals surface area contributed by atoms with Crippen molar-refractivity contribution in [3.8, 4) is 5.75 Å². The molecule has 2 aliphatic heterocycles. The van der Waals surface area contributed by atoms with Crippen molar-refractivity contribution >= 4 is 11.6 Å². The van der Waals surface area contributed by atoms with Crippen molar-refractivity contribution in [2.75, 3.05) is 44.7 Å². The third-order valence-corrected chi connectivity index (χ3v) is 7.62. The van der Waals surface area contributed by atoms with Gasteiger partial charge in [-0.1, -0.05) is 18.2 Å². The van der Waals surface area contributed by atoms with Crippen molar-refractivity contribution < 1.29 is 22.7 Å². The number of rotatable bonds is 6. The summed E-state index contributed by atoms with van der Waals surface area (Å²) in [6.07, 6.45) is 1.97. The zero-order chi connectivity index (χ0) is 26.9. The van der Waals surface area contributed by atoms with Crippen LogP contribution in [0.3, 0.4) is 0 Å². The highest BCUT2D eigenvalue weighted by Gasteiger charge is 2.32. The summed E-state index contributed by atoms with van der Waals surface area (Å²) >= 11 is 0. The molecule has 0 N–H and O–H groups in total. The maximum absolute atomic E-state index is 14.9. The molecule has 6 rings (SSSR count). The molecule has 9 heteroatoms. The van der Waals surface area contributed by atoms with Gasteiger partial charge in [0.25, 0.3) is 5.91 Å². The van der Waals surface area contributed by atoms with Crippen LogP contribution in [0.2, 0.25) is 0 Å². The zero-order valence-electron chi connectivity index (χ0n) is 21.7. The molecule has 1 fully saturated rings. The maximum Gasteiger partial charge on any atom is 0.289 e. The number of carbonyl (C=O) groups excluding carboxylic acids is 1. The number of piperazine rings is 1. The highest BCUT2D eigenvalue weighted by molar-refractivity contribution is 5.91. The van der Waals surface area contributed by atoms with E-state index in [1.54, 1.807) is 18.1 Å². The fraction of sp³-hybridized carbons (Fsp3) is 0.300. The molecule has 1 saturated heterocycles. The molecule has 0 spiro atoms. The molecule has 4 aromatic rings. The Balaban J connectivity index is 1.15. The standard InChI is InChI=1S/C30H30F2N4O3/c1-38-27-7-3-2-5-25(27)34-13-16-35(17-14-34)30(37)28-11-9-22(39-28)20-36-18-15-33-12-4-6-26(33)29(36)23-10-8-21(31)19-24(23)32/h2-12,19,29H,13-18,20H2,1H3. The van der Waals surface area contributed by atoms with Crippen molar-refractivity contribution in [1.82, 2.24) is 14.4 Å². The Morgan fingerprint density at radius 1 is 0.949 bits per heavy atom. The van der Waals surface area contributed by atoms with Gasteiger partial charge in [-0.05, 0) is 42.5 Å². The fourth-order valence-electron chi connectivity index (χ4n) is 5.66. The van der Waals surface area contributed by atoms with Gasteiger partial charge in [0.1, 0.15) is 23.1 Å². The van der Waals surface area contributed by atoms with E-state index < -0.39 is 17.7 Å². The number of fused-ring (bicyclic) bond motifs is 1. The third-order valence-electron chi connectivity index (χ3n) is 7.62. The first-order chi connectivity index (χ1) is 19.0. The molecule has 0 aliphatic carbocycles. The van der Waals surface area contributed by atoms with Crippen molar-refractivity contribution in [1.29, 1.82) is 0 Å². The Morgan fingerprint density at radius 2 is 1.77 bits per heavy atom. The number of furan rings is 1.